The zero-order chi connectivity index (χ0) is 30.5. The molecule has 232 valence electrons. The lowest BCUT2D eigenvalue weighted by Crippen LogP contribution is -2.48. The molecule has 0 unspecified atom stereocenters. The average Bonchev–Trinajstić information content (AvgIpc) is 3.55. The van der Waals surface area contributed by atoms with Crippen molar-refractivity contribution in [3.05, 3.63) is 93.6 Å². The second-order valence-corrected chi connectivity index (χ2v) is 13.0. The van der Waals surface area contributed by atoms with Crippen molar-refractivity contribution in [2.75, 3.05) is 19.6 Å². The van der Waals surface area contributed by atoms with Crippen LogP contribution in [0.2, 0.25) is 5.02 Å². The number of likely N-dealkylation sites (tertiary alicyclic amines) is 1. The molecule has 3 heterocycles. The van der Waals surface area contributed by atoms with E-state index in [-0.39, 0.29) is 28.2 Å². The third-order valence-electron chi connectivity index (χ3n) is 9.70. The van der Waals surface area contributed by atoms with Gasteiger partial charge >= 0.3 is 0 Å². The number of amides is 1. The minimum atomic E-state index is -0.530. The van der Waals surface area contributed by atoms with Crippen molar-refractivity contribution in [2.24, 2.45) is 11.3 Å². The molecule has 2 aromatic carbocycles. The van der Waals surface area contributed by atoms with Crippen LogP contribution in [0.4, 0.5) is 4.39 Å². The lowest BCUT2D eigenvalue weighted by Gasteiger charge is -2.48. The van der Waals surface area contributed by atoms with Gasteiger partial charge in [0, 0.05) is 30.2 Å². The number of benzene rings is 2. The molecule has 1 aliphatic heterocycles. The molecule has 2 aromatic heterocycles. The Morgan fingerprint density at radius 3 is 2.59 bits per heavy atom. The fourth-order valence-corrected chi connectivity index (χ4v) is 7.36. The number of nitrogens with zero attached hydrogens (tertiary/aromatic N) is 4. The smallest absolute Gasteiger partial charge is 0.287 e. The number of carbonyl (C=O) groups is 1. The Morgan fingerprint density at radius 1 is 1.09 bits per heavy atom. The topological polar surface area (TPSA) is 93.3 Å². The molecule has 2 aliphatic rings. The van der Waals surface area contributed by atoms with Gasteiger partial charge in [-0.3, -0.25) is 14.3 Å². The summed E-state index contributed by atoms with van der Waals surface area (Å²) in [6.07, 6.45) is 13.6. The van der Waals surface area contributed by atoms with Crippen LogP contribution in [-0.4, -0.2) is 51.2 Å². The third kappa shape index (κ3) is 7.21. The molecule has 1 aliphatic carbocycles. The summed E-state index contributed by atoms with van der Waals surface area (Å²) >= 11 is 6.12. The first-order valence-electron chi connectivity index (χ1n) is 15.7. The fraction of sp³-hybridized carbons (Fsp3) is 0.471. The van der Waals surface area contributed by atoms with Gasteiger partial charge < -0.3 is 14.6 Å². The Kier molecular flexibility index (Phi) is 9.42. The first-order chi connectivity index (χ1) is 21.4. The van der Waals surface area contributed by atoms with Crippen LogP contribution >= 0.6 is 11.6 Å². The highest BCUT2D eigenvalue weighted by atomic mass is 35.5. The van der Waals surface area contributed by atoms with Crippen LogP contribution in [0, 0.1) is 17.2 Å². The molecule has 1 saturated carbocycles. The predicted octanol–water partition coefficient (Wildman–Crippen LogP) is 6.27. The fourth-order valence-electron chi connectivity index (χ4n) is 7.23. The van der Waals surface area contributed by atoms with Crippen LogP contribution in [0.25, 0.3) is 11.0 Å². The quantitative estimate of drug-likeness (QED) is 0.225. The maximum atomic E-state index is 13.7. The van der Waals surface area contributed by atoms with E-state index < -0.39 is 17.2 Å². The van der Waals surface area contributed by atoms with Crippen molar-refractivity contribution in [3.8, 4) is 0 Å². The van der Waals surface area contributed by atoms with Crippen molar-refractivity contribution in [3.63, 3.8) is 0 Å². The summed E-state index contributed by atoms with van der Waals surface area (Å²) in [5.41, 5.74) is 1.01. The lowest BCUT2D eigenvalue weighted by atomic mass is 9.63. The van der Waals surface area contributed by atoms with Gasteiger partial charge in [0.2, 0.25) is 0 Å². The molecule has 0 radical (unpaired) electrons. The second-order valence-electron chi connectivity index (χ2n) is 12.5. The molecule has 0 bridgehead atoms. The minimum Gasteiger partial charge on any atom is -0.451 e. The number of halogens is 2. The molecular formula is C34H39ClFN5O3. The molecule has 1 saturated heterocycles. The Hall–Kier alpha value is -3.56. The second kappa shape index (κ2) is 13.6. The first-order valence-corrected chi connectivity index (χ1v) is 16.1. The van der Waals surface area contributed by atoms with Crippen molar-refractivity contribution in [2.45, 2.75) is 70.4 Å². The Balaban J connectivity index is 1.14. The van der Waals surface area contributed by atoms with Crippen LogP contribution < -0.4 is 10.7 Å². The van der Waals surface area contributed by atoms with Gasteiger partial charge in [-0.15, -0.1) is 0 Å². The van der Waals surface area contributed by atoms with Crippen LogP contribution in [0.1, 0.15) is 67.5 Å². The van der Waals surface area contributed by atoms with Crippen molar-refractivity contribution in [1.29, 1.82) is 0 Å². The largest absolute Gasteiger partial charge is 0.451 e. The highest BCUT2D eigenvalue weighted by Gasteiger charge is 2.42. The summed E-state index contributed by atoms with van der Waals surface area (Å²) in [7, 11) is 0. The number of hydrogen-bond acceptors (Lipinski definition) is 6. The van der Waals surface area contributed by atoms with Gasteiger partial charge in [-0.2, -0.15) is 5.10 Å². The average molecular weight is 620 g/mol. The van der Waals surface area contributed by atoms with E-state index in [4.69, 9.17) is 16.0 Å². The minimum absolute atomic E-state index is 0.0847. The Labute approximate surface area is 261 Å². The van der Waals surface area contributed by atoms with Gasteiger partial charge in [-0.05, 0) is 98.8 Å². The third-order valence-corrected chi connectivity index (χ3v) is 9.96. The molecule has 10 heteroatoms. The van der Waals surface area contributed by atoms with Crippen LogP contribution in [0.3, 0.4) is 0 Å². The van der Waals surface area contributed by atoms with E-state index in [1.54, 1.807) is 6.33 Å². The van der Waals surface area contributed by atoms with Crippen molar-refractivity contribution in [1.82, 2.24) is 25.0 Å². The molecular weight excluding hydrogens is 581 g/mol. The zero-order valence-electron chi connectivity index (χ0n) is 24.9. The highest BCUT2D eigenvalue weighted by molar-refractivity contribution is 6.30. The van der Waals surface area contributed by atoms with Crippen molar-refractivity contribution >= 4 is 28.5 Å². The van der Waals surface area contributed by atoms with E-state index in [0.717, 1.165) is 63.1 Å². The summed E-state index contributed by atoms with van der Waals surface area (Å²) in [6.45, 7) is 3.76. The SMILES string of the molecule is O=C(N[C@H](CCN1CCC(Cn2cncn2)(C2CCCCC2)CC1)Cc1ccc(Cl)cc1)c1cc(=O)c2cc(F)ccc2o1. The van der Waals surface area contributed by atoms with Gasteiger partial charge in [-0.25, -0.2) is 9.37 Å². The monoisotopic (exact) mass is 619 g/mol. The van der Waals surface area contributed by atoms with Gasteiger partial charge in [-0.1, -0.05) is 43.0 Å². The van der Waals surface area contributed by atoms with Crippen LogP contribution in [0.15, 0.2) is 70.4 Å². The number of aromatic nitrogens is 3. The van der Waals surface area contributed by atoms with E-state index in [2.05, 4.69) is 20.3 Å². The van der Waals surface area contributed by atoms with Gasteiger partial charge in [0.05, 0.1) is 5.39 Å². The Morgan fingerprint density at radius 2 is 1.86 bits per heavy atom. The van der Waals surface area contributed by atoms with E-state index in [1.165, 1.54) is 44.2 Å². The molecule has 4 aromatic rings. The molecule has 1 N–H and O–H groups in total. The summed E-state index contributed by atoms with van der Waals surface area (Å²) < 4.78 is 21.4. The number of rotatable bonds is 10. The number of nitrogens with one attached hydrogen (secondary N) is 1. The highest BCUT2D eigenvalue weighted by Crippen LogP contribution is 2.47. The van der Waals surface area contributed by atoms with Gasteiger partial charge in [0.1, 0.15) is 24.1 Å². The lowest BCUT2D eigenvalue weighted by molar-refractivity contribution is 0.0104. The predicted molar refractivity (Wildman–Crippen MR) is 168 cm³/mol. The molecule has 6 rings (SSSR count). The van der Waals surface area contributed by atoms with E-state index >= 15 is 0 Å². The van der Waals surface area contributed by atoms with Crippen LogP contribution in [0.5, 0.6) is 0 Å². The molecule has 0 spiro atoms. The first kappa shape index (κ1) is 30.5. The molecule has 8 nitrogen and oxygen atoms in total. The number of carbonyl (C=O) groups excluding carboxylic acids is 1. The van der Waals surface area contributed by atoms with E-state index in [1.807, 2.05) is 35.3 Å². The van der Waals surface area contributed by atoms with Gasteiger partial charge in [0.25, 0.3) is 5.91 Å². The maximum Gasteiger partial charge on any atom is 0.287 e. The molecule has 1 atom stereocenters. The summed E-state index contributed by atoms with van der Waals surface area (Å²) in [4.78, 5) is 32.7. The van der Waals surface area contributed by atoms with Crippen molar-refractivity contribution < 1.29 is 13.6 Å². The zero-order valence-corrected chi connectivity index (χ0v) is 25.6. The number of piperidine rings is 1. The van der Waals surface area contributed by atoms with Crippen LogP contribution in [-0.2, 0) is 13.0 Å². The summed E-state index contributed by atoms with van der Waals surface area (Å²) in [5, 5.41) is 8.33. The molecule has 2 fully saturated rings. The standard InChI is InChI=1S/C34H39ClFN5O3/c35-26-8-6-24(7-9-26)18-28(39-33(43)32-20-30(42)29-19-27(36)10-11-31(29)44-32)12-15-40-16-13-34(14-17-40,21-41-23-37-22-38-41)25-4-2-1-3-5-25/h6-11,19-20,22-23,25,28H,1-5,12-18,21H2,(H,39,43)/t28-/m1/s1. The molecule has 1 amide bonds. The Bertz CT molecular complexity index is 1610. The normalized spacial score (nSPS) is 18.3. The van der Waals surface area contributed by atoms with E-state index in [9.17, 15) is 14.0 Å². The number of fused-ring (bicyclic) bond motifs is 1. The maximum absolute atomic E-state index is 13.7. The summed E-state index contributed by atoms with van der Waals surface area (Å²) in [5.74, 6) is -0.363. The summed E-state index contributed by atoms with van der Waals surface area (Å²) in [6, 6.07) is 12.3. The number of hydrogen-bond donors (Lipinski definition) is 1. The molecule has 44 heavy (non-hydrogen) atoms. The van der Waals surface area contributed by atoms with E-state index in [0.29, 0.717) is 17.4 Å². The van der Waals surface area contributed by atoms with Gasteiger partial charge in [0.15, 0.2) is 11.2 Å².